The molecule has 0 bridgehead atoms. The number of nitrogens with two attached hydrogens (primary N) is 4. The lowest BCUT2D eigenvalue weighted by Crippen LogP contribution is -2.12. The van der Waals surface area contributed by atoms with Crippen LogP contribution >= 0.6 is 0 Å². The highest BCUT2D eigenvalue weighted by molar-refractivity contribution is 6.05. The summed E-state index contributed by atoms with van der Waals surface area (Å²) >= 11 is 0. The number of hydrogen-bond acceptors (Lipinski definition) is 14. The van der Waals surface area contributed by atoms with Crippen molar-refractivity contribution in [1.29, 1.82) is 0 Å². The maximum Gasteiger partial charge on any atom is 0.255 e. The number of carbonyl (C=O) groups excluding carboxylic acids is 2. The van der Waals surface area contributed by atoms with E-state index in [1.807, 2.05) is 0 Å². The van der Waals surface area contributed by atoms with Gasteiger partial charge in [-0.2, -0.15) is 40.1 Å². The van der Waals surface area contributed by atoms with E-state index in [0.29, 0.717) is 45.0 Å². The number of carbonyl (C=O) groups is 2. The summed E-state index contributed by atoms with van der Waals surface area (Å²) in [6.45, 7) is 0. The molecule has 0 aliphatic carbocycles. The van der Waals surface area contributed by atoms with Crippen LogP contribution in [0, 0.1) is 0 Å². The Bertz CT molecular complexity index is 1980. The second-order valence-corrected chi connectivity index (χ2v) is 10.1. The van der Waals surface area contributed by atoms with Crippen molar-refractivity contribution in [2.75, 3.05) is 33.6 Å². The minimum atomic E-state index is -0.334. The van der Waals surface area contributed by atoms with Crippen LogP contribution in [0.5, 0.6) is 0 Å². The van der Waals surface area contributed by atoms with Gasteiger partial charge in [-0.15, -0.1) is 0 Å². The van der Waals surface area contributed by atoms with Gasteiger partial charge in [0.1, 0.15) is 0 Å². The highest BCUT2D eigenvalue weighted by atomic mass is 16.2. The largest absolute Gasteiger partial charge is 0.368 e. The highest BCUT2D eigenvalue weighted by Crippen LogP contribution is 2.24. The zero-order chi connectivity index (χ0) is 33.6. The van der Waals surface area contributed by atoms with E-state index in [2.05, 4.69) is 50.8 Å². The minimum Gasteiger partial charge on any atom is -0.368 e. The lowest BCUT2D eigenvalue weighted by atomic mass is 10.1. The summed E-state index contributed by atoms with van der Waals surface area (Å²) in [6.07, 6.45) is 0. The molecule has 236 valence electrons. The molecule has 10 N–H and O–H groups in total. The number of nitrogen functional groups attached to an aromatic ring is 4. The lowest BCUT2D eigenvalue weighted by molar-refractivity contribution is 0.101. The topological polar surface area (TPSA) is 264 Å². The van der Waals surface area contributed by atoms with Crippen LogP contribution in [-0.4, -0.2) is 41.7 Å². The fourth-order valence-corrected chi connectivity index (χ4v) is 4.42. The van der Waals surface area contributed by atoms with Gasteiger partial charge < -0.3 is 33.6 Å². The summed E-state index contributed by atoms with van der Waals surface area (Å²) in [4.78, 5) is 49.6. The molecule has 0 aliphatic rings. The van der Waals surface area contributed by atoms with Crippen molar-refractivity contribution in [2.24, 2.45) is 10.2 Å². The number of hydrogen-bond donors (Lipinski definition) is 6. The first-order chi connectivity index (χ1) is 23.2. The molecular weight excluding hydrogens is 612 g/mol. The number of anilines is 6. The van der Waals surface area contributed by atoms with Crippen molar-refractivity contribution in [3.8, 4) is 22.8 Å². The standard InChI is InChI=1S/C32H26N14O2/c33-29-39-25(40-30(34)43-29)17-3-1-5-19(15-17)27(47)37-21-7-11-23(12-8-21)45-46-24-13-9-22(10-14-24)38-28(48)20-6-2-4-18(16-20)26-41-31(35)44-32(36)42-26/h1-16H,(H,37,47)(H,38,48)(H4,33,34,39,40,43)(H4,35,36,41,42,44). The molecule has 0 fully saturated rings. The average Bonchev–Trinajstić information content (AvgIpc) is 3.08. The first-order valence-corrected chi connectivity index (χ1v) is 14.2. The van der Waals surface area contributed by atoms with E-state index in [9.17, 15) is 9.59 Å². The Morgan fingerprint density at radius 3 is 1.19 bits per heavy atom. The van der Waals surface area contributed by atoms with Crippen LogP contribution in [-0.2, 0) is 0 Å². The summed E-state index contributed by atoms with van der Waals surface area (Å²) in [5, 5.41) is 14.2. The number of nitrogens with one attached hydrogen (secondary N) is 2. The average molecular weight is 639 g/mol. The molecule has 6 aromatic rings. The Hall–Kier alpha value is -7.36. The Balaban J connectivity index is 1.05. The molecule has 6 rings (SSSR count). The zero-order valence-corrected chi connectivity index (χ0v) is 24.9. The molecule has 0 aliphatic heterocycles. The number of aromatic nitrogens is 6. The van der Waals surface area contributed by atoms with Crippen molar-refractivity contribution in [3.63, 3.8) is 0 Å². The first-order valence-electron chi connectivity index (χ1n) is 14.2. The fraction of sp³-hybridized carbons (Fsp3) is 0. The van der Waals surface area contributed by atoms with E-state index in [-0.39, 0.29) is 47.3 Å². The maximum atomic E-state index is 12.9. The summed E-state index contributed by atoms with van der Waals surface area (Å²) in [5.74, 6) is -0.190. The van der Waals surface area contributed by atoms with Gasteiger partial charge in [0.05, 0.1) is 11.4 Å². The Labute approximate surface area is 272 Å². The predicted molar refractivity (Wildman–Crippen MR) is 181 cm³/mol. The highest BCUT2D eigenvalue weighted by Gasteiger charge is 2.12. The molecule has 2 aromatic heterocycles. The number of amides is 2. The van der Waals surface area contributed by atoms with Crippen LogP contribution in [0.15, 0.2) is 107 Å². The van der Waals surface area contributed by atoms with Crippen LogP contribution < -0.4 is 33.6 Å². The van der Waals surface area contributed by atoms with Crippen LogP contribution in [0.1, 0.15) is 20.7 Å². The molecule has 2 heterocycles. The molecule has 48 heavy (non-hydrogen) atoms. The third-order valence-corrected chi connectivity index (χ3v) is 6.64. The Morgan fingerprint density at radius 2 is 0.833 bits per heavy atom. The van der Waals surface area contributed by atoms with Gasteiger partial charge in [-0.3, -0.25) is 9.59 Å². The van der Waals surface area contributed by atoms with Crippen molar-refractivity contribution >= 4 is 58.4 Å². The molecule has 0 atom stereocenters. The molecule has 0 unspecified atom stereocenters. The quantitative estimate of drug-likeness (QED) is 0.124. The number of azo groups is 1. The van der Waals surface area contributed by atoms with E-state index >= 15 is 0 Å². The second kappa shape index (κ2) is 13.3. The summed E-state index contributed by atoms with van der Waals surface area (Å²) < 4.78 is 0. The van der Waals surface area contributed by atoms with Crippen LogP contribution in [0.25, 0.3) is 22.8 Å². The maximum absolute atomic E-state index is 12.9. The van der Waals surface area contributed by atoms with E-state index < -0.39 is 0 Å². The van der Waals surface area contributed by atoms with Gasteiger partial charge in [0.25, 0.3) is 11.8 Å². The van der Waals surface area contributed by atoms with Crippen molar-refractivity contribution < 1.29 is 9.59 Å². The molecule has 16 heteroatoms. The monoisotopic (exact) mass is 638 g/mol. The van der Waals surface area contributed by atoms with E-state index in [4.69, 9.17) is 22.9 Å². The van der Waals surface area contributed by atoms with Crippen LogP contribution in [0.2, 0.25) is 0 Å². The number of benzene rings is 4. The Morgan fingerprint density at radius 1 is 0.479 bits per heavy atom. The van der Waals surface area contributed by atoms with E-state index in [1.54, 1.807) is 97.1 Å². The van der Waals surface area contributed by atoms with Gasteiger partial charge in [-0.25, -0.2) is 0 Å². The van der Waals surface area contributed by atoms with Crippen molar-refractivity contribution in [2.45, 2.75) is 0 Å². The van der Waals surface area contributed by atoms with E-state index in [0.717, 1.165) is 0 Å². The van der Waals surface area contributed by atoms with Crippen molar-refractivity contribution in [1.82, 2.24) is 29.9 Å². The molecule has 16 nitrogen and oxygen atoms in total. The zero-order valence-electron chi connectivity index (χ0n) is 24.9. The van der Waals surface area contributed by atoms with E-state index in [1.165, 1.54) is 0 Å². The third kappa shape index (κ3) is 7.46. The van der Waals surface area contributed by atoms with Gasteiger partial charge in [-0.1, -0.05) is 24.3 Å². The molecule has 0 saturated heterocycles. The minimum absolute atomic E-state index is 0.0128. The van der Waals surface area contributed by atoms with Gasteiger partial charge >= 0.3 is 0 Å². The summed E-state index contributed by atoms with van der Waals surface area (Å²) in [5.41, 5.74) is 26.8. The molecular formula is C32H26N14O2. The van der Waals surface area contributed by atoms with Gasteiger partial charge in [-0.05, 0) is 72.8 Å². The summed E-state index contributed by atoms with van der Waals surface area (Å²) in [7, 11) is 0. The normalized spacial score (nSPS) is 10.9. The SMILES string of the molecule is Nc1nc(N)nc(-c2cccc(C(=O)Nc3ccc(N=Nc4ccc(NC(=O)c5cccc(-c6nc(N)nc(N)n6)c5)cc4)cc3)c2)n1. The Kier molecular flexibility index (Phi) is 8.51. The smallest absolute Gasteiger partial charge is 0.255 e. The first kappa shape index (κ1) is 30.7. The molecule has 4 aromatic carbocycles. The lowest BCUT2D eigenvalue weighted by Gasteiger charge is -2.08. The summed E-state index contributed by atoms with van der Waals surface area (Å²) in [6, 6.07) is 27.2. The van der Waals surface area contributed by atoms with Crippen LogP contribution in [0.4, 0.5) is 46.5 Å². The van der Waals surface area contributed by atoms with Gasteiger partial charge in [0, 0.05) is 33.6 Å². The van der Waals surface area contributed by atoms with Gasteiger partial charge in [0.15, 0.2) is 11.6 Å². The third-order valence-electron chi connectivity index (χ3n) is 6.64. The molecule has 2 amide bonds. The van der Waals surface area contributed by atoms with Crippen LogP contribution in [0.3, 0.4) is 0 Å². The molecule has 0 radical (unpaired) electrons. The fourth-order valence-electron chi connectivity index (χ4n) is 4.42. The molecule has 0 spiro atoms. The van der Waals surface area contributed by atoms with Gasteiger partial charge in [0.2, 0.25) is 23.8 Å². The van der Waals surface area contributed by atoms with Crippen molar-refractivity contribution in [3.05, 3.63) is 108 Å². The number of nitrogens with zero attached hydrogens (tertiary/aromatic N) is 8. The molecule has 0 saturated carbocycles. The second-order valence-electron chi connectivity index (χ2n) is 10.1. The predicted octanol–water partition coefficient (Wildman–Crippen LogP) is 4.64. The number of rotatable bonds is 8.